The summed E-state index contributed by atoms with van der Waals surface area (Å²) in [6.07, 6.45) is 12.2. The highest BCUT2D eigenvalue weighted by Crippen LogP contribution is 2.68. The number of unbranched alkanes of at least 4 members (excludes halogenated alkanes) is 3. The molecular weight excluding hydrogens is 402 g/mol. The van der Waals surface area contributed by atoms with E-state index in [1.807, 2.05) is 0 Å². The van der Waals surface area contributed by atoms with Gasteiger partial charge in [0.15, 0.2) is 11.6 Å². The van der Waals surface area contributed by atoms with Crippen molar-refractivity contribution in [3.8, 4) is 0 Å². The lowest BCUT2D eigenvalue weighted by Crippen LogP contribution is -2.58. The summed E-state index contributed by atoms with van der Waals surface area (Å²) in [6, 6.07) is 0. The summed E-state index contributed by atoms with van der Waals surface area (Å²) in [5, 5.41) is 20.9. The number of nitrogens with two attached hydrogens (primary N) is 1. The van der Waals surface area contributed by atoms with Crippen molar-refractivity contribution < 1.29 is 19.8 Å². The SMILES string of the molecule is C[C@]12CCC(=O)C(CCCCCCN)=C1CC[C@@H]1[C@@H]2CC[C@@]2(C)[C@H]1CC[C@]2(O)C(=O)CO. The van der Waals surface area contributed by atoms with Crippen molar-refractivity contribution in [3.63, 3.8) is 0 Å². The smallest absolute Gasteiger partial charge is 0.190 e. The summed E-state index contributed by atoms with van der Waals surface area (Å²) >= 11 is 0. The second-order valence-electron chi connectivity index (χ2n) is 11.6. The van der Waals surface area contributed by atoms with Crippen LogP contribution in [0.15, 0.2) is 11.1 Å². The molecule has 5 nitrogen and oxygen atoms in total. The largest absolute Gasteiger partial charge is 0.388 e. The molecule has 0 aliphatic heterocycles. The summed E-state index contributed by atoms with van der Waals surface area (Å²) in [4.78, 5) is 25.5. The molecule has 0 aromatic carbocycles. The number of carbonyl (C=O) groups is 2. The Bertz CT molecular complexity index is 791. The van der Waals surface area contributed by atoms with E-state index < -0.39 is 23.4 Å². The molecule has 4 N–H and O–H groups in total. The fourth-order valence-electron chi connectivity index (χ4n) is 8.52. The molecule has 0 aromatic rings. The van der Waals surface area contributed by atoms with Gasteiger partial charge in [0, 0.05) is 11.8 Å². The minimum atomic E-state index is -1.38. The molecule has 5 heteroatoms. The van der Waals surface area contributed by atoms with E-state index in [1.165, 1.54) is 5.57 Å². The lowest BCUT2D eigenvalue weighted by Gasteiger charge is -2.59. The van der Waals surface area contributed by atoms with Gasteiger partial charge in [-0.2, -0.15) is 0 Å². The Morgan fingerprint density at radius 2 is 1.72 bits per heavy atom. The van der Waals surface area contributed by atoms with Gasteiger partial charge in [-0.05, 0) is 99.5 Å². The molecule has 6 atom stereocenters. The van der Waals surface area contributed by atoms with E-state index in [0.717, 1.165) is 82.7 Å². The van der Waals surface area contributed by atoms with Crippen molar-refractivity contribution >= 4 is 11.6 Å². The molecule has 3 saturated carbocycles. The number of aliphatic hydroxyl groups is 2. The number of aliphatic hydroxyl groups excluding tert-OH is 1. The molecule has 4 aliphatic rings. The summed E-state index contributed by atoms with van der Waals surface area (Å²) in [5.41, 5.74) is 6.45. The molecule has 0 aromatic heterocycles. The zero-order chi connectivity index (χ0) is 23.1. The van der Waals surface area contributed by atoms with Crippen LogP contribution in [0.3, 0.4) is 0 Å². The van der Waals surface area contributed by atoms with Crippen molar-refractivity contribution in [2.75, 3.05) is 13.2 Å². The van der Waals surface area contributed by atoms with Gasteiger partial charge in [0.05, 0.1) is 0 Å². The number of hydrogen-bond donors (Lipinski definition) is 3. The first-order valence-electron chi connectivity index (χ1n) is 13.0. The third kappa shape index (κ3) is 3.54. The van der Waals surface area contributed by atoms with Crippen LogP contribution in [0.2, 0.25) is 0 Å². The number of hydrogen-bond acceptors (Lipinski definition) is 5. The van der Waals surface area contributed by atoms with Crippen LogP contribution in [0.5, 0.6) is 0 Å². The zero-order valence-corrected chi connectivity index (χ0v) is 20.1. The van der Waals surface area contributed by atoms with E-state index in [4.69, 9.17) is 5.73 Å². The maximum absolute atomic E-state index is 12.9. The highest BCUT2D eigenvalue weighted by atomic mass is 16.3. The normalized spacial score (nSPS) is 41.3. The van der Waals surface area contributed by atoms with Crippen LogP contribution in [0.4, 0.5) is 0 Å². The lowest BCUT2D eigenvalue weighted by atomic mass is 9.45. The Hall–Kier alpha value is -1.04. The second-order valence-corrected chi connectivity index (χ2v) is 11.6. The third-order valence-electron chi connectivity index (χ3n) is 10.4. The molecule has 4 rings (SSSR count). The predicted octanol–water partition coefficient (Wildman–Crippen LogP) is 4.09. The predicted molar refractivity (Wildman–Crippen MR) is 125 cm³/mol. The molecule has 0 amide bonds. The van der Waals surface area contributed by atoms with Crippen molar-refractivity contribution in [2.45, 2.75) is 103 Å². The number of ketones is 2. The van der Waals surface area contributed by atoms with Crippen LogP contribution in [0, 0.1) is 28.6 Å². The Kier molecular flexibility index (Phi) is 6.75. The topological polar surface area (TPSA) is 101 Å². The molecule has 0 radical (unpaired) electrons. The number of allylic oxidation sites excluding steroid dienone is 1. The molecule has 4 aliphatic carbocycles. The van der Waals surface area contributed by atoms with E-state index in [0.29, 0.717) is 36.4 Å². The maximum Gasteiger partial charge on any atom is 0.190 e. The molecule has 0 spiro atoms. The quantitative estimate of drug-likeness (QED) is 0.489. The van der Waals surface area contributed by atoms with Gasteiger partial charge in [0.2, 0.25) is 0 Å². The Morgan fingerprint density at radius 1 is 1.00 bits per heavy atom. The number of carbonyl (C=O) groups excluding carboxylic acids is 2. The second kappa shape index (κ2) is 8.96. The Morgan fingerprint density at radius 3 is 2.44 bits per heavy atom. The van der Waals surface area contributed by atoms with Gasteiger partial charge in [0.1, 0.15) is 12.2 Å². The first-order chi connectivity index (χ1) is 15.2. The van der Waals surface area contributed by atoms with Gasteiger partial charge in [-0.1, -0.05) is 32.3 Å². The average molecular weight is 446 g/mol. The minimum Gasteiger partial charge on any atom is -0.388 e. The van der Waals surface area contributed by atoms with Crippen molar-refractivity contribution in [1.82, 2.24) is 0 Å². The van der Waals surface area contributed by atoms with E-state index in [-0.39, 0.29) is 5.41 Å². The summed E-state index contributed by atoms with van der Waals surface area (Å²) in [6.45, 7) is 4.67. The molecule has 3 fully saturated rings. The molecular formula is C27H43NO4. The van der Waals surface area contributed by atoms with Crippen LogP contribution in [-0.2, 0) is 9.59 Å². The summed E-state index contributed by atoms with van der Waals surface area (Å²) in [7, 11) is 0. The summed E-state index contributed by atoms with van der Waals surface area (Å²) in [5.74, 6) is 1.30. The average Bonchev–Trinajstić information content (AvgIpc) is 3.06. The fourth-order valence-corrected chi connectivity index (χ4v) is 8.52. The van der Waals surface area contributed by atoms with Crippen LogP contribution < -0.4 is 5.73 Å². The fraction of sp³-hybridized carbons (Fsp3) is 0.852. The van der Waals surface area contributed by atoms with E-state index in [9.17, 15) is 19.8 Å². The number of rotatable bonds is 8. The lowest BCUT2D eigenvalue weighted by molar-refractivity contribution is -0.164. The van der Waals surface area contributed by atoms with Gasteiger partial charge < -0.3 is 15.9 Å². The van der Waals surface area contributed by atoms with Gasteiger partial charge in [-0.3, -0.25) is 9.59 Å². The van der Waals surface area contributed by atoms with Crippen molar-refractivity contribution in [1.29, 1.82) is 0 Å². The molecule has 0 bridgehead atoms. The highest BCUT2D eigenvalue weighted by molar-refractivity contribution is 5.97. The van der Waals surface area contributed by atoms with Crippen LogP contribution in [-0.4, -0.2) is 40.5 Å². The molecule has 0 heterocycles. The van der Waals surface area contributed by atoms with E-state index in [1.54, 1.807) is 0 Å². The van der Waals surface area contributed by atoms with Crippen LogP contribution in [0.1, 0.15) is 97.3 Å². The molecule has 180 valence electrons. The molecule has 0 unspecified atom stereocenters. The van der Waals surface area contributed by atoms with Gasteiger partial charge in [-0.25, -0.2) is 0 Å². The number of Topliss-reactive ketones (excluding diaryl/α,β-unsaturated/α-hetero) is 2. The minimum absolute atomic E-state index is 0.0758. The first-order valence-corrected chi connectivity index (χ1v) is 13.0. The maximum atomic E-state index is 12.9. The third-order valence-corrected chi connectivity index (χ3v) is 10.4. The van der Waals surface area contributed by atoms with Crippen LogP contribution >= 0.6 is 0 Å². The standard InChI is InChI=1S/C27H43NO4/c1-25-13-12-23(30)19(7-5-3-4-6-16-28)20(25)9-8-18-21(25)10-14-26(2)22(18)11-15-27(26,32)24(31)17-29/h18,21-22,29,32H,3-17,28H2,1-2H3/t18-,21+,22+,25+,26+,27+/m1/s1. The van der Waals surface area contributed by atoms with Gasteiger partial charge >= 0.3 is 0 Å². The van der Waals surface area contributed by atoms with Crippen molar-refractivity contribution in [3.05, 3.63) is 11.1 Å². The van der Waals surface area contributed by atoms with Gasteiger partial charge in [0.25, 0.3) is 0 Å². The molecule has 32 heavy (non-hydrogen) atoms. The monoisotopic (exact) mass is 445 g/mol. The Labute approximate surface area is 193 Å². The van der Waals surface area contributed by atoms with Gasteiger partial charge in [-0.15, -0.1) is 0 Å². The molecule has 0 saturated heterocycles. The van der Waals surface area contributed by atoms with Crippen molar-refractivity contribution in [2.24, 2.45) is 34.3 Å². The highest BCUT2D eigenvalue weighted by Gasteiger charge is 2.66. The zero-order valence-electron chi connectivity index (χ0n) is 20.1. The Balaban J connectivity index is 1.57. The first kappa shape index (κ1) is 24.1. The van der Waals surface area contributed by atoms with E-state index in [2.05, 4.69) is 13.8 Å². The summed E-state index contributed by atoms with van der Waals surface area (Å²) < 4.78 is 0. The number of fused-ring (bicyclic) bond motifs is 5. The van der Waals surface area contributed by atoms with E-state index >= 15 is 0 Å². The van der Waals surface area contributed by atoms with Crippen LogP contribution in [0.25, 0.3) is 0 Å².